The number of thiocarbonyl (C=S) groups is 1. The minimum Gasteiger partial charge on any atom is -0.389 e. The summed E-state index contributed by atoms with van der Waals surface area (Å²) in [5.74, 6) is -1.51. The van der Waals surface area contributed by atoms with Gasteiger partial charge in [-0.3, -0.25) is 0 Å². The van der Waals surface area contributed by atoms with E-state index in [1.807, 2.05) is 0 Å². The van der Waals surface area contributed by atoms with Gasteiger partial charge in [0.25, 0.3) is 0 Å². The van der Waals surface area contributed by atoms with Crippen molar-refractivity contribution >= 4 is 22.9 Å². The summed E-state index contributed by atoms with van der Waals surface area (Å²) in [5.41, 5.74) is 5.39. The predicted octanol–water partition coefficient (Wildman–Crippen LogP) is 2.44. The number of hydrogen-bond donors (Lipinski definition) is 2. The maximum Gasteiger partial charge on any atom is 0.182 e. The van der Waals surface area contributed by atoms with Crippen molar-refractivity contribution in [3.63, 3.8) is 0 Å². The van der Waals surface area contributed by atoms with Crippen LogP contribution in [0.15, 0.2) is 12.1 Å². The Morgan fingerprint density at radius 3 is 2.63 bits per heavy atom. The number of nitrogens with one attached hydrogen (secondary N) is 1. The van der Waals surface area contributed by atoms with Crippen molar-refractivity contribution in [2.75, 3.05) is 25.1 Å². The summed E-state index contributed by atoms with van der Waals surface area (Å²) in [6, 6.07) is 2.86. The van der Waals surface area contributed by atoms with Crippen molar-refractivity contribution in [2.24, 2.45) is 11.7 Å². The van der Waals surface area contributed by atoms with E-state index in [-0.39, 0.29) is 16.2 Å². The number of rotatable bonds is 4. The number of ether oxygens (including phenoxy) is 1. The monoisotopic (exact) mass is 286 g/mol. The molecule has 3 N–H and O–H groups in total. The van der Waals surface area contributed by atoms with Gasteiger partial charge >= 0.3 is 0 Å². The van der Waals surface area contributed by atoms with Crippen LogP contribution in [-0.2, 0) is 4.74 Å². The molecular formula is C13H16F2N2OS. The number of nitrogens with two attached hydrogens (primary N) is 1. The molecule has 0 radical (unpaired) electrons. The molecule has 0 aliphatic carbocycles. The molecule has 0 atom stereocenters. The maximum atomic E-state index is 13.8. The zero-order valence-corrected chi connectivity index (χ0v) is 11.2. The van der Waals surface area contributed by atoms with E-state index in [0.29, 0.717) is 12.5 Å². The van der Waals surface area contributed by atoms with Crippen LogP contribution in [0.1, 0.15) is 18.4 Å². The lowest BCUT2D eigenvalue weighted by Crippen LogP contribution is -2.23. The molecule has 1 saturated heterocycles. The molecule has 19 heavy (non-hydrogen) atoms. The Morgan fingerprint density at radius 1 is 1.32 bits per heavy atom. The summed E-state index contributed by atoms with van der Waals surface area (Å²) in [6.45, 7) is 2.05. The van der Waals surface area contributed by atoms with Crippen molar-refractivity contribution < 1.29 is 13.5 Å². The molecule has 1 fully saturated rings. The molecule has 1 heterocycles. The molecule has 0 bridgehead atoms. The molecule has 6 heteroatoms. The highest BCUT2D eigenvalue weighted by atomic mass is 32.1. The van der Waals surface area contributed by atoms with Crippen LogP contribution in [0, 0.1) is 17.6 Å². The Balaban J connectivity index is 2.04. The van der Waals surface area contributed by atoms with Gasteiger partial charge in [0, 0.05) is 25.3 Å². The third-order valence-corrected chi connectivity index (χ3v) is 3.49. The van der Waals surface area contributed by atoms with E-state index in [0.717, 1.165) is 26.1 Å². The van der Waals surface area contributed by atoms with Gasteiger partial charge in [-0.2, -0.15) is 0 Å². The standard InChI is InChI=1S/C13H16F2N2OS/c14-11-9(13(16)19)1-2-10(12(11)15)17-7-8-3-5-18-6-4-8/h1-2,8,17H,3-7H2,(H2,16,19). The summed E-state index contributed by atoms with van der Waals surface area (Å²) >= 11 is 4.66. The second kappa shape index (κ2) is 6.25. The van der Waals surface area contributed by atoms with Crippen LogP contribution >= 0.6 is 12.2 Å². The highest BCUT2D eigenvalue weighted by molar-refractivity contribution is 7.80. The Hall–Kier alpha value is -1.27. The zero-order chi connectivity index (χ0) is 13.8. The minimum absolute atomic E-state index is 0.0656. The van der Waals surface area contributed by atoms with Crippen LogP contribution < -0.4 is 11.1 Å². The lowest BCUT2D eigenvalue weighted by atomic mass is 10.0. The number of hydrogen-bond acceptors (Lipinski definition) is 3. The average molecular weight is 286 g/mol. The summed E-state index contributed by atoms with van der Waals surface area (Å²) < 4.78 is 32.7. The first-order valence-corrected chi connectivity index (χ1v) is 6.60. The largest absolute Gasteiger partial charge is 0.389 e. The SMILES string of the molecule is NC(=S)c1ccc(NCC2CCOCC2)c(F)c1F. The molecule has 1 aliphatic rings. The molecule has 3 nitrogen and oxygen atoms in total. The van der Waals surface area contributed by atoms with Crippen molar-refractivity contribution in [2.45, 2.75) is 12.8 Å². The van der Waals surface area contributed by atoms with Gasteiger partial charge in [-0.15, -0.1) is 0 Å². The van der Waals surface area contributed by atoms with Crippen LogP contribution in [0.3, 0.4) is 0 Å². The third kappa shape index (κ3) is 3.39. The molecule has 0 spiro atoms. The fourth-order valence-corrected chi connectivity index (χ4v) is 2.24. The van der Waals surface area contributed by atoms with E-state index in [1.54, 1.807) is 0 Å². The fraction of sp³-hybridized carbons (Fsp3) is 0.462. The summed E-state index contributed by atoms with van der Waals surface area (Å²) in [5, 5.41) is 2.93. The molecule has 2 rings (SSSR count). The van der Waals surface area contributed by atoms with Gasteiger partial charge in [0.1, 0.15) is 4.99 Å². The first-order chi connectivity index (χ1) is 9.09. The van der Waals surface area contributed by atoms with Crippen LogP contribution in [-0.4, -0.2) is 24.7 Å². The molecular weight excluding hydrogens is 270 g/mol. The smallest absolute Gasteiger partial charge is 0.182 e. The highest BCUT2D eigenvalue weighted by Gasteiger charge is 2.17. The van der Waals surface area contributed by atoms with Gasteiger partial charge in [-0.05, 0) is 30.9 Å². The Morgan fingerprint density at radius 2 is 2.00 bits per heavy atom. The summed E-state index contributed by atoms with van der Waals surface area (Å²) in [6.07, 6.45) is 1.87. The maximum absolute atomic E-state index is 13.8. The third-order valence-electron chi connectivity index (χ3n) is 3.27. The second-order valence-corrected chi connectivity index (χ2v) is 5.03. The molecule has 1 aromatic rings. The van der Waals surface area contributed by atoms with Gasteiger partial charge in [0.15, 0.2) is 11.6 Å². The number of benzene rings is 1. The van der Waals surface area contributed by atoms with E-state index >= 15 is 0 Å². The van der Waals surface area contributed by atoms with Crippen molar-refractivity contribution in [1.82, 2.24) is 0 Å². The van der Waals surface area contributed by atoms with Gasteiger partial charge in [0.2, 0.25) is 0 Å². The van der Waals surface area contributed by atoms with Crippen LogP contribution in [0.4, 0.5) is 14.5 Å². The van der Waals surface area contributed by atoms with Crippen molar-refractivity contribution in [1.29, 1.82) is 0 Å². The molecule has 0 aromatic heterocycles. The Bertz CT molecular complexity index is 476. The van der Waals surface area contributed by atoms with E-state index in [2.05, 4.69) is 17.5 Å². The summed E-state index contributed by atoms with van der Waals surface area (Å²) in [7, 11) is 0. The molecule has 1 aliphatic heterocycles. The Kier molecular flexibility index (Phi) is 4.66. The number of halogens is 2. The predicted molar refractivity (Wildman–Crippen MR) is 74.3 cm³/mol. The van der Waals surface area contributed by atoms with Crippen molar-refractivity contribution in [3.8, 4) is 0 Å². The molecule has 1 aromatic carbocycles. The van der Waals surface area contributed by atoms with E-state index < -0.39 is 11.6 Å². The zero-order valence-electron chi connectivity index (χ0n) is 10.4. The van der Waals surface area contributed by atoms with Crippen molar-refractivity contribution in [3.05, 3.63) is 29.3 Å². The fourth-order valence-electron chi connectivity index (χ4n) is 2.08. The lowest BCUT2D eigenvalue weighted by molar-refractivity contribution is 0.0699. The number of anilines is 1. The van der Waals surface area contributed by atoms with Crippen LogP contribution in [0.25, 0.3) is 0 Å². The van der Waals surface area contributed by atoms with Gasteiger partial charge in [-0.1, -0.05) is 12.2 Å². The van der Waals surface area contributed by atoms with Crippen LogP contribution in [0.2, 0.25) is 0 Å². The van der Waals surface area contributed by atoms with Gasteiger partial charge in [-0.25, -0.2) is 8.78 Å². The highest BCUT2D eigenvalue weighted by Crippen LogP contribution is 2.22. The van der Waals surface area contributed by atoms with E-state index in [4.69, 9.17) is 10.5 Å². The average Bonchev–Trinajstić information content (AvgIpc) is 2.41. The second-order valence-electron chi connectivity index (χ2n) is 4.59. The van der Waals surface area contributed by atoms with E-state index in [1.165, 1.54) is 12.1 Å². The first-order valence-electron chi connectivity index (χ1n) is 6.19. The molecule has 104 valence electrons. The lowest BCUT2D eigenvalue weighted by Gasteiger charge is -2.22. The first kappa shape index (κ1) is 14.1. The summed E-state index contributed by atoms with van der Waals surface area (Å²) in [4.78, 5) is -0.146. The molecule has 0 unspecified atom stereocenters. The van der Waals surface area contributed by atoms with Gasteiger partial charge in [0.05, 0.1) is 5.69 Å². The van der Waals surface area contributed by atoms with Gasteiger partial charge < -0.3 is 15.8 Å². The van der Waals surface area contributed by atoms with Crippen LogP contribution in [0.5, 0.6) is 0 Å². The Labute approximate surface area is 116 Å². The molecule has 0 amide bonds. The molecule has 0 saturated carbocycles. The van der Waals surface area contributed by atoms with E-state index in [9.17, 15) is 8.78 Å². The quantitative estimate of drug-likeness (QED) is 0.835. The topological polar surface area (TPSA) is 47.3 Å². The normalized spacial score (nSPS) is 16.3. The minimum atomic E-state index is -0.996.